The molecule has 2 rings (SSSR count). The van der Waals surface area contributed by atoms with Crippen LogP contribution in [0.3, 0.4) is 0 Å². The van der Waals surface area contributed by atoms with Gasteiger partial charge in [0.2, 0.25) is 11.6 Å². The molecule has 4 heteroatoms. The molecule has 20 heavy (non-hydrogen) atoms. The van der Waals surface area contributed by atoms with Crippen molar-refractivity contribution in [3.8, 4) is 5.75 Å². The molecule has 102 valence electrons. The van der Waals surface area contributed by atoms with Crippen molar-refractivity contribution in [2.75, 3.05) is 6.61 Å². The number of carbonyl (C=O) groups is 2. The molecular weight excluding hydrogens is 320 g/mol. The Morgan fingerprint density at radius 3 is 2.40 bits per heavy atom. The number of hydrogen-bond donors (Lipinski definition) is 0. The van der Waals surface area contributed by atoms with Crippen LogP contribution in [0.4, 0.5) is 0 Å². The Morgan fingerprint density at radius 1 is 1.05 bits per heavy atom. The van der Waals surface area contributed by atoms with E-state index < -0.39 is 11.6 Å². The molecule has 0 unspecified atom stereocenters. The van der Waals surface area contributed by atoms with Gasteiger partial charge >= 0.3 is 0 Å². The maximum Gasteiger partial charge on any atom is 0.237 e. The molecule has 0 bridgehead atoms. The van der Waals surface area contributed by atoms with E-state index in [1.54, 1.807) is 48.5 Å². The first-order chi connectivity index (χ1) is 9.63. The Bertz CT molecular complexity index is 635. The van der Waals surface area contributed by atoms with E-state index in [1.165, 1.54) is 0 Å². The molecule has 0 saturated carbocycles. The summed E-state index contributed by atoms with van der Waals surface area (Å²) in [7, 11) is 0. The van der Waals surface area contributed by atoms with E-state index in [0.717, 1.165) is 4.47 Å². The molecule has 0 amide bonds. The Hall–Kier alpha value is -1.94. The molecule has 0 N–H and O–H groups in total. The van der Waals surface area contributed by atoms with Crippen molar-refractivity contribution in [2.24, 2.45) is 0 Å². The molecule has 2 aromatic carbocycles. The minimum absolute atomic E-state index is 0.273. The second-order valence-electron chi connectivity index (χ2n) is 4.10. The van der Waals surface area contributed by atoms with Gasteiger partial charge in [0.25, 0.3) is 0 Å². The van der Waals surface area contributed by atoms with Crippen LogP contribution in [0.15, 0.2) is 53.0 Å². The highest BCUT2D eigenvalue weighted by atomic mass is 79.9. The highest BCUT2D eigenvalue weighted by Crippen LogP contribution is 2.25. The average Bonchev–Trinajstić information content (AvgIpc) is 2.48. The molecule has 0 aliphatic carbocycles. The number of rotatable bonds is 5. The summed E-state index contributed by atoms with van der Waals surface area (Å²) in [5.41, 5.74) is 0.648. The van der Waals surface area contributed by atoms with E-state index in [-0.39, 0.29) is 5.56 Å². The molecule has 2 aromatic rings. The number of halogens is 1. The van der Waals surface area contributed by atoms with E-state index in [2.05, 4.69) is 15.9 Å². The summed E-state index contributed by atoms with van der Waals surface area (Å²) in [5.74, 6) is -0.685. The summed E-state index contributed by atoms with van der Waals surface area (Å²) >= 11 is 3.30. The van der Waals surface area contributed by atoms with Gasteiger partial charge in [-0.1, -0.05) is 46.3 Å². The number of carbonyl (C=O) groups excluding carboxylic acids is 2. The summed E-state index contributed by atoms with van der Waals surface area (Å²) in [5, 5.41) is 0. The van der Waals surface area contributed by atoms with Crippen molar-refractivity contribution in [2.45, 2.75) is 6.92 Å². The van der Waals surface area contributed by atoms with Crippen LogP contribution in [-0.4, -0.2) is 18.2 Å². The van der Waals surface area contributed by atoms with E-state index in [0.29, 0.717) is 17.9 Å². The molecule has 0 spiro atoms. The van der Waals surface area contributed by atoms with Gasteiger partial charge in [-0.2, -0.15) is 0 Å². The summed E-state index contributed by atoms with van der Waals surface area (Å²) in [6.07, 6.45) is 0. The monoisotopic (exact) mass is 332 g/mol. The summed E-state index contributed by atoms with van der Waals surface area (Å²) in [4.78, 5) is 24.5. The van der Waals surface area contributed by atoms with E-state index in [4.69, 9.17) is 4.74 Å². The molecule has 0 fully saturated rings. The van der Waals surface area contributed by atoms with Gasteiger partial charge in [-0.15, -0.1) is 0 Å². The van der Waals surface area contributed by atoms with Crippen molar-refractivity contribution in [3.63, 3.8) is 0 Å². The third-order valence-corrected chi connectivity index (χ3v) is 3.22. The normalized spacial score (nSPS) is 10.1. The van der Waals surface area contributed by atoms with E-state index in [9.17, 15) is 9.59 Å². The largest absolute Gasteiger partial charge is 0.493 e. The Labute approximate surface area is 125 Å². The molecule has 0 heterocycles. The van der Waals surface area contributed by atoms with Gasteiger partial charge in [-0.3, -0.25) is 9.59 Å². The molecule has 0 aromatic heterocycles. The van der Waals surface area contributed by atoms with E-state index >= 15 is 0 Å². The zero-order valence-corrected chi connectivity index (χ0v) is 12.5. The van der Waals surface area contributed by atoms with Crippen LogP contribution in [0.25, 0.3) is 0 Å². The fourth-order valence-electron chi connectivity index (χ4n) is 1.80. The maximum absolute atomic E-state index is 12.3. The van der Waals surface area contributed by atoms with Gasteiger partial charge in [0, 0.05) is 10.0 Å². The van der Waals surface area contributed by atoms with Crippen molar-refractivity contribution in [1.29, 1.82) is 0 Å². The van der Waals surface area contributed by atoms with Crippen molar-refractivity contribution in [1.82, 2.24) is 0 Å². The smallest absolute Gasteiger partial charge is 0.237 e. The highest BCUT2D eigenvalue weighted by Gasteiger charge is 2.22. The van der Waals surface area contributed by atoms with Crippen LogP contribution in [-0.2, 0) is 0 Å². The summed E-state index contributed by atoms with van der Waals surface area (Å²) in [6.45, 7) is 2.26. The molecule has 0 aliphatic rings. The van der Waals surface area contributed by atoms with Gasteiger partial charge in [0.15, 0.2) is 0 Å². The fourth-order valence-corrected chi connectivity index (χ4v) is 2.17. The first-order valence-corrected chi connectivity index (χ1v) is 6.99. The van der Waals surface area contributed by atoms with Gasteiger partial charge in [-0.05, 0) is 25.1 Å². The fraction of sp³-hybridized carbons (Fsp3) is 0.125. The van der Waals surface area contributed by atoms with Crippen LogP contribution in [0.5, 0.6) is 5.75 Å². The summed E-state index contributed by atoms with van der Waals surface area (Å²) < 4.78 is 6.13. The average molecular weight is 333 g/mol. The van der Waals surface area contributed by atoms with Gasteiger partial charge < -0.3 is 4.74 Å². The quantitative estimate of drug-likeness (QED) is 0.615. The van der Waals surface area contributed by atoms with Gasteiger partial charge in [0.05, 0.1) is 12.2 Å². The number of benzene rings is 2. The van der Waals surface area contributed by atoms with Crippen LogP contribution in [0.1, 0.15) is 27.6 Å². The lowest BCUT2D eigenvalue weighted by Gasteiger charge is -2.09. The van der Waals surface area contributed by atoms with E-state index in [1.807, 2.05) is 6.92 Å². The molecule has 0 radical (unpaired) electrons. The Kier molecular flexibility index (Phi) is 4.69. The van der Waals surface area contributed by atoms with Crippen molar-refractivity contribution < 1.29 is 14.3 Å². The van der Waals surface area contributed by atoms with Gasteiger partial charge in [-0.25, -0.2) is 0 Å². The topological polar surface area (TPSA) is 43.4 Å². The highest BCUT2D eigenvalue weighted by molar-refractivity contribution is 9.10. The Morgan fingerprint density at radius 2 is 1.75 bits per heavy atom. The molecule has 0 aliphatic heterocycles. The predicted octanol–water partition coefficient (Wildman–Crippen LogP) is 3.91. The SMILES string of the molecule is CCOc1ccc(Br)cc1C(=O)C(=O)c1ccccc1. The first-order valence-electron chi connectivity index (χ1n) is 6.20. The first kappa shape index (κ1) is 14.5. The van der Waals surface area contributed by atoms with Crippen molar-refractivity contribution in [3.05, 3.63) is 64.1 Å². The maximum atomic E-state index is 12.3. The second kappa shape index (κ2) is 6.48. The molecule has 0 atom stereocenters. The Balaban J connectivity index is 2.38. The lowest BCUT2D eigenvalue weighted by atomic mass is 10.0. The molecule has 0 saturated heterocycles. The third kappa shape index (κ3) is 3.14. The van der Waals surface area contributed by atoms with Crippen LogP contribution >= 0.6 is 15.9 Å². The van der Waals surface area contributed by atoms with Crippen molar-refractivity contribution >= 4 is 27.5 Å². The lowest BCUT2D eigenvalue weighted by Crippen LogP contribution is -2.15. The molecular formula is C16H13BrO3. The van der Waals surface area contributed by atoms with Crippen LogP contribution in [0, 0.1) is 0 Å². The minimum Gasteiger partial charge on any atom is -0.493 e. The lowest BCUT2D eigenvalue weighted by molar-refractivity contribution is 0.0814. The zero-order valence-electron chi connectivity index (χ0n) is 10.9. The molecule has 3 nitrogen and oxygen atoms in total. The zero-order chi connectivity index (χ0) is 14.5. The predicted molar refractivity (Wildman–Crippen MR) is 80.4 cm³/mol. The third-order valence-electron chi connectivity index (χ3n) is 2.73. The number of ketones is 2. The van der Waals surface area contributed by atoms with Gasteiger partial charge in [0.1, 0.15) is 5.75 Å². The van der Waals surface area contributed by atoms with Crippen LogP contribution in [0.2, 0.25) is 0 Å². The van der Waals surface area contributed by atoms with Crippen LogP contribution < -0.4 is 4.74 Å². The minimum atomic E-state index is -0.569. The standard InChI is InChI=1S/C16H13BrO3/c1-2-20-14-9-8-12(17)10-13(14)16(19)15(18)11-6-4-3-5-7-11/h3-10H,2H2,1H3. The number of Topliss-reactive ketones (excluding diaryl/α,β-unsaturated/α-hetero) is 2. The second-order valence-corrected chi connectivity index (χ2v) is 5.01. The summed E-state index contributed by atoms with van der Waals surface area (Å²) in [6, 6.07) is 13.6. The number of ether oxygens (including phenoxy) is 1. The number of hydrogen-bond acceptors (Lipinski definition) is 3.